The van der Waals surface area contributed by atoms with Crippen LogP contribution < -0.4 is 0 Å². The van der Waals surface area contributed by atoms with Gasteiger partial charge in [-0.2, -0.15) is 0 Å². The predicted octanol–water partition coefficient (Wildman–Crippen LogP) is 1.22. The van der Waals surface area contributed by atoms with Crippen molar-refractivity contribution >= 4 is 9.84 Å². The summed E-state index contributed by atoms with van der Waals surface area (Å²) in [6, 6.07) is 8.59. The molecule has 1 aromatic rings. The highest BCUT2D eigenvalue weighted by atomic mass is 32.2. The van der Waals surface area contributed by atoms with Crippen LogP contribution in [-0.4, -0.2) is 56.8 Å². The van der Waals surface area contributed by atoms with Crippen LogP contribution in [0.15, 0.2) is 47.9 Å². The molecule has 0 radical (unpaired) electrons. The van der Waals surface area contributed by atoms with Gasteiger partial charge in [-0.05, 0) is 19.2 Å². The molecule has 1 atom stereocenters. The summed E-state index contributed by atoms with van der Waals surface area (Å²) in [7, 11) is -1.33. The van der Waals surface area contributed by atoms with Gasteiger partial charge in [-0.3, -0.25) is 4.90 Å². The molecule has 19 heavy (non-hydrogen) atoms. The first-order valence-electron chi connectivity index (χ1n) is 6.40. The maximum absolute atomic E-state index is 12.6. The zero-order chi connectivity index (χ0) is 13.9. The van der Waals surface area contributed by atoms with Crippen molar-refractivity contribution in [3.05, 3.63) is 43.0 Å². The highest BCUT2D eigenvalue weighted by molar-refractivity contribution is 7.92. The molecule has 0 bridgehead atoms. The van der Waals surface area contributed by atoms with Gasteiger partial charge in [0.2, 0.25) is 0 Å². The highest BCUT2D eigenvalue weighted by Crippen LogP contribution is 2.20. The quantitative estimate of drug-likeness (QED) is 0.778. The SMILES string of the molecule is C=CC(N1CCN(C)CC1)S(=O)(=O)c1ccccc1. The van der Waals surface area contributed by atoms with E-state index in [1.807, 2.05) is 18.0 Å². The van der Waals surface area contributed by atoms with Gasteiger partial charge in [-0.15, -0.1) is 6.58 Å². The zero-order valence-corrected chi connectivity index (χ0v) is 12.0. The van der Waals surface area contributed by atoms with Crippen LogP contribution in [0.3, 0.4) is 0 Å². The Hall–Kier alpha value is -1.17. The fraction of sp³-hybridized carbons (Fsp3) is 0.429. The topological polar surface area (TPSA) is 40.6 Å². The van der Waals surface area contributed by atoms with E-state index in [1.165, 1.54) is 6.08 Å². The number of hydrogen-bond acceptors (Lipinski definition) is 4. The minimum Gasteiger partial charge on any atom is -0.304 e. The van der Waals surface area contributed by atoms with Crippen molar-refractivity contribution in [1.82, 2.24) is 9.80 Å². The summed E-state index contributed by atoms with van der Waals surface area (Å²) in [6.07, 6.45) is 1.54. The third kappa shape index (κ3) is 3.05. The molecule has 0 spiro atoms. The van der Waals surface area contributed by atoms with Crippen LogP contribution in [0, 0.1) is 0 Å². The van der Waals surface area contributed by atoms with Gasteiger partial charge in [0, 0.05) is 26.2 Å². The van der Waals surface area contributed by atoms with Crippen LogP contribution >= 0.6 is 0 Å². The molecule has 104 valence electrons. The van der Waals surface area contributed by atoms with E-state index < -0.39 is 15.2 Å². The monoisotopic (exact) mass is 280 g/mol. The van der Waals surface area contributed by atoms with Crippen LogP contribution in [0.25, 0.3) is 0 Å². The molecule has 1 aromatic carbocycles. The van der Waals surface area contributed by atoms with E-state index in [4.69, 9.17) is 0 Å². The Kier molecular flexibility index (Phi) is 4.39. The van der Waals surface area contributed by atoms with Gasteiger partial charge >= 0.3 is 0 Å². The molecule has 0 amide bonds. The molecule has 1 heterocycles. The normalized spacial score (nSPS) is 20.1. The molecule has 1 aliphatic rings. The molecule has 1 unspecified atom stereocenters. The zero-order valence-electron chi connectivity index (χ0n) is 11.2. The Morgan fingerprint density at radius 1 is 1.16 bits per heavy atom. The van der Waals surface area contributed by atoms with Crippen LogP contribution in [0.5, 0.6) is 0 Å². The van der Waals surface area contributed by atoms with Gasteiger partial charge in [0.15, 0.2) is 9.84 Å². The number of sulfone groups is 1. The maximum Gasteiger partial charge on any atom is 0.198 e. The number of hydrogen-bond donors (Lipinski definition) is 0. The minimum atomic E-state index is -3.38. The number of benzene rings is 1. The number of rotatable bonds is 4. The van der Waals surface area contributed by atoms with Crippen molar-refractivity contribution in [2.75, 3.05) is 33.2 Å². The number of piperazine rings is 1. The summed E-state index contributed by atoms with van der Waals surface area (Å²) in [5.74, 6) is 0. The van der Waals surface area contributed by atoms with Crippen molar-refractivity contribution in [3.8, 4) is 0 Å². The highest BCUT2D eigenvalue weighted by Gasteiger charge is 2.31. The fourth-order valence-electron chi connectivity index (χ4n) is 2.30. The van der Waals surface area contributed by atoms with E-state index in [1.54, 1.807) is 24.3 Å². The lowest BCUT2D eigenvalue weighted by atomic mass is 10.3. The summed E-state index contributed by atoms with van der Waals surface area (Å²) in [6.45, 7) is 6.98. The first-order valence-corrected chi connectivity index (χ1v) is 7.94. The molecule has 0 aliphatic carbocycles. The molecule has 0 N–H and O–H groups in total. The van der Waals surface area contributed by atoms with Gasteiger partial charge in [0.1, 0.15) is 5.37 Å². The first kappa shape index (κ1) is 14.2. The Morgan fingerprint density at radius 3 is 2.26 bits per heavy atom. The molecule has 5 heteroatoms. The van der Waals surface area contributed by atoms with Crippen LogP contribution in [-0.2, 0) is 9.84 Å². The lowest BCUT2D eigenvalue weighted by Crippen LogP contribution is -2.50. The first-order chi connectivity index (χ1) is 9.05. The molecule has 1 saturated heterocycles. The second-order valence-electron chi connectivity index (χ2n) is 4.82. The van der Waals surface area contributed by atoms with Crippen molar-refractivity contribution in [3.63, 3.8) is 0 Å². The molecule has 4 nitrogen and oxygen atoms in total. The summed E-state index contributed by atoms with van der Waals surface area (Å²) >= 11 is 0. The minimum absolute atomic E-state index is 0.360. The average Bonchev–Trinajstić information content (AvgIpc) is 2.42. The molecule has 0 saturated carbocycles. The van der Waals surface area contributed by atoms with Crippen molar-refractivity contribution in [1.29, 1.82) is 0 Å². The molecular weight excluding hydrogens is 260 g/mol. The third-order valence-corrected chi connectivity index (χ3v) is 5.54. The van der Waals surface area contributed by atoms with Gasteiger partial charge < -0.3 is 4.90 Å². The number of nitrogens with zero attached hydrogens (tertiary/aromatic N) is 2. The van der Waals surface area contributed by atoms with E-state index in [0.29, 0.717) is 4.90 Å². The largest absolute Gasteiger partial charge is 0.304 e. The van der Waals surface area contributed by atoms with Crippen molar-refractivity contribution < 1.29 is 8.42 Å². The van der Waals surface area contributed by atoms with Gasteiger partial charge in [-0.25, -0.2) is 8.42 Å². The van der Waals surface area contributed by atoms with Crippen LogP contribution in [0.4, 0.5) is 0 Å². The predicted molar refractivity (Wildman–Crippen MR) is 76.7 cm³/mol. The van der Waals surface area contributed by atoms with E-state index in [0.717, 1.165) is 26.2 Å². The summed E-state index contributed by atoms with van der Waals surface area (Å²) < 4.78 is 25.2. The van der Waals surface area contributed by atoms with Crippen LogP contribution in [0.1, 0.15) is 0 Å². The fourth-order valence-corrected chi connectivity index (χ4v) is 3.97. The van der Waals surface area contributed by atoms with E-state index in [-0.39, 0.29) is 0 Å². The average molecular weight is 280 g/mol. The number of likely N-dealkylation sites (N-methyl/N-ethyl adjacent to an activating group) is 1. The summed E-state index contributed by atoms with van der Waals surface area (Å²) in [5.41, 5.74) is 0. The third-order valence-electron chi connectivity index (χ3n) is 3.49. The maximum atomic E-state index is 12.6. The smallest absolute Gasteiger partial charge is 0.198 e. The Bertz CT molecular complexity index is 520. The standard InChI is InChI=1S/C14H20N2O2S/c1-3-14(16-11-9-15(2)10-12-16)19(17,18)13-7-5-4-6-8-13/h3-8,14H,1,9-12H2,2H3. The van der Waals surface area contributed by atoms with E-state index in [2.05, 4.69) is 11.5 Å². The van der Waals surface area contributed by atoms with Gasteiger partial charge in [-0.1, -0.05) is 24.3 Å². The van der Waals surface area contributed by atoms with E-state index >= 15 is 0 Å². The summed E-state index contributed by atoms with van der Waals surface area (Å²) in [5, 5.41) is -0.636. The Labute approximate surface area is 115 Å². The van der Waals surface area contributed by atoms with E-state index in [9.17, 15) is 8.42 Å². The lowest BCUT2D eigenvalue weighted by molar-refractivity contribution is 0.154. The Morgan fingerprint density at radius 2 is 1.74 bits per heavy atom. The Balaban J connectivity index is 2.24. The molecule has 2 rings (SSSR count). The van der Waals surface area contributed by atoms with Crippen molar-refractivity contribution in [2.24, 2.45) is 0 Å². The summed E-state index contributed by atoms with van der Waals surface area (Å²) in [4.78, 5) is 4.54. The van der Waals surface area contributed by atoms with Gasteiger partial charge in [0.05, 0.1) is 4.90 Å². The second kappa shape index (κ2) is 5.86. The molecule has 1 fully saturated rings. The van der Waals surface area contributed by atoms with Crippen LogP contribution in [0.2, 0.25) is 0 Å². The molecule has 0 aromatic heterocycles. The van der Waals surface area contributed by atoms with Gasteiger partial charge in [0.25, 0.3) is 0 Å². The molecule has 1 aliphatic heterocycles. The molecular formula is C14H20N2O2S. The van der Waals surface area contributed by atoms with Crippen molar-refractivity contribution in [2.45, 2.75) is 10.3 Å². The lowest BCUT2D eigenvalue weighted by Gasteiger charge is -2.36. The second-order valence-corrected chi connectivity index (χ2v) is 6.87.